The van der Waals surface area contributed by atoms with Gasteiger partial charge < -0.3 is 16.2 Å². The van der Waals surface area contributed by atoms with Gasteiger partial charge in [0.2, 0.25) is 11.8 Å². The van der Waals surface area contributed by atoms with Gasteiger partial charge in [-0.05, 0) is 6.42 Å². The lowest BCUT2D eigenvalue weighted by Gasteiger charge is -2.14. The molecular weight excluding hydrogens is 257 g/mol. The van der Waals surface area contributed by atoms with Gasteiger partial charge in [0.05, 0.1) is 6.42 Å². The zero-order valence-corrected chi connectivity index (χ0v) is 9.29. The Morgan fingerprint density at radius 3 is 2.17 bits per heavy atom. The standard InChI is InChI=1S/C9H13F3N2O4/c10-9(11,12)4-3-7(16)14-5(8(17)18)1-2-6(13)15/h5H,1-4H2,(H2,13,15)(H,14,16)(H,17,18)/t5-/m0/s1. The summed E-state index contributed by atoms with van der Waals surface area (Å²) in [4.78, 5) is 32.2. The summed E-state index contributed by atoms with van der Waals surface area (Å²) in [6.45, 7) is 0. The van der Waals surface area contributed by atoms with E-state index in [0.29, 0.717) is 0 Å². The van der Waals surface area contributed by atoms with E-state index in [-0.39, 0.29) is 12.8 Å². The first-order valence-corrected chi connectivity index (χ1v) is 4.99. The molecule has 4 N–H and O–H groups in total. The second-order valence-electron chi connectivity index (χ2n) is 3.58. The number of carbonyl (C=O) groups excluding carboxylic acids is 2. The summed E-state index contributed by atoms with van der Waals surface area (Å²) in [6, 6.07) is -1.42. The van der Waals surface area contributed by atoms with E-state index in [4.69, 9.17) is 10.8 Å². The molecule has 0 unspecified atom stereocenters. The maximum absolute atomic E-state index is 11.8. The number of carboxylic acid groups (broad SMARTS) is 1. The SMILES string of the molecule is NC(=O)CC[C@H](NC(=O)CCC(F)(F)F)C(=O)O. The lowest BCUT2D eigenvalue weighted by atomic mass is 10.1. The van der Waals surface area contributed by atoms with Crippen LogP contribution in [0.2, 0.25) is 0 Å². The van der Waals surface area contributed by atoms with Crippen molar-refractivity contribution >= 4 is 17.8 Å². The lowest BCUT2D eigenvalue weighted by molar-refractivity contribution is -0.147. The summed E-state index contributed by atoms with van der Waals surface area (Å²) in [6.07, 6.45) is -7.22. The number of carbonyl (C=O) groups is 3. The van der Waals surface area contributed by atoms with Gasteiger partial charge in [-0.15, -0.1) is 0 Å². The third-order valence-electron chi connectivity index (χ3n) is 1.95. The van der Waals surface area contributed by atoms with Crippen LogP contribution in [-0.4, -0.2) is 35.1 Å². The highest BCUT2D eigenvalue weighted by Gasteiger charge is 2.29. The number of nitrogens with one attached hydrogen (secondary N) is 1. The predicted octanol–water partition coefficient (Wildman–Crippen LogP) is 0.164. The van der Waals surface area contributed by atoms with Crippen LogP contribution in [0.25, 0.3) is 0 Å². The Labute approximate surface area is 100 Å². The molecule has 9 heteroatoms. The molecule has 0 aliphatic carbocycles. The molecule has 0 spiro atoms. The quantitative estimate of drug-likeness (QED) is 0.612. The van der Waals surface area contributed by atoms with E-state index in [1.54, 1.807) is 0 Å². The number of aliphatic carboxylic acids is 1. The number of nitrogens with two attached hydrogens (primary N) is 1. The van der Waals surface area contributed by atoms with Gasteiger partial charge in [0.25, 0.3) is 0 Å². The molecule has 2 amide bonds. The van der Waals surface area contributed by atoms with E-state index < -0.39 is 42.8 Å². The van der Waals surface area contributed by atoms with Crippen molar-refractivity contribution in [2.75, 3.05) is 0 Å². The summed E-state index contributed by atoms with van der Waals surface area (Å²) in [5.41, 5.74) is 4.79. The van der Waals surface area contributed by atoms with E-state index in [2.05, 4.69) is 0 Å². The number of amides is 2. The Bertz CT molecular complexity index is 330. The zero-order chi connectivity index (χ0) is 14.3. The normalized spacial score (nSPS) is 12.8. The fraction of sp³-hybridized carbons (Fsp3) is 0.667. The average molecular weight is 270 g/mol. The fourth-order valence-corrected chi connectivity index (χ4v) is 1.07. The minimum atomic E-state index is -4.48. The highest BCUT2D eigenvalue weighted by molar-refractivity contribution is 5.84. The largest absolute Gasteiger partial charge is 0.480 e. The van der Waals surface area contributed by atoms with Gasteiger partial charge in [-0.3, -0.25) is 9.59 Å². The lowest BCUT2D eigenvalue weighted by Crippen LogP contribution is -2.41. The van der Waals surface area contributed by atoms with E-state index in [1.807, 2.05) is 5.32 Å². The number of rotatable bonds is 7. The van der Waals surface area contributed by atoms with E-state index >= 15 is 0 Å². The number of hydrogen-bond donors (Lipinski definition) is 3. The fourth-order valence-electron chi connectivity index (χ4n) is 1.07. The highest BCUT2D eigenvalue weighted by atomic mass is 19.4. The van der Waals surface area contributed by atoms with E-state index in [9.17, 15) is 27.6 Å². The van der Waals surface area contributed by atoms with Gasteiger partial charge in [0, 0.05) is 12.8 Å². The predicted molar refractivity (Wildman–Crippen MR) is 53.3 cm³/mol. The van der Waals surface area contributed by atoms with Crippen LogP contribution in [0.3, 0.4) is 0 Å². The Balaban J connectivity index is 4.20. The minimum Gasteiger partial charge on any atom is -0.480 e. The molecule has 0 aromatic heterocycles. The molecule has 0 fully saturated rings. The van der Waals surface area contributed by atoms with Crippen LogP contribution in [0.15, 0.2) is 0 Å². The van der Waals surface area contributed by atoms with Crippen LogP contribution < -0.4 is 11.1 Å². The second-order valence-corrected chi connectivity index (χ2v) is 3.58. The Kier molecular flexibility index (Phi) is 6.14. The number of carboxylic acids is 1. The van der Waals surface area contributed by atoms with Crippen LogP contribution >= 0.6 is 0 Å². The summed E-state index contributed by atoms with van der Waals surface area (Å²) in [5.74, 6) is -3.23. The van der Waals surface area contributed by atoms with Crippen molar-refractivity contribution in [3.8, 4) is 0 Å². The van der Waals surface area contributed by atoms with E-state index in [0.717, 1.165) is 0 Å². The van der Waals surface area contributed by atoms with Gasteiger partial charge in [0.15, 0.2) is 0 Å². The molecule has 0 saturated heterocycles. The maximum Gasteiger partial charge on any atom is 0.389 e. The maximum atomic E-state index is 11.8. The molecule has 6 nitrogen and oxygen atoms in total. The van der Waals surface area contributed by atoms with E-state index in [1.165, 1.54) is 0 Å². The van der Waals surface area contributed by atoms with Gasteiger partial charge in [-0.1, -0.05) is 0 Å². The molecule has 0 aliphatic heterocycles. The van der Waals surface area contributed by atoms with Crippen molar-refractivity contribution in [3.05, 3.63) is 0 Å². The molecule has 0 radical (unpaired) electrons. The van der Waals surface area contributed by atoms with Crippen molar-refractivity contribution in [1.82, 2.24) is 5.32 Å². The van der Waals surface area contributed by atoms with Crippen molar-refractivity contribution in [2.45, 2.75) is 37.9 Å². The first-order valence-electron chi connectivity index (χ1n) is 4.99. The van der Waals surface area contributed by atoms with Crippen molar-refractivity contribution in [2.24, 2.45) is 5.73 Å². The summed E-state index contributed by atoms with van der Waals surface area (Å²) in [7, 11) is 0. The third kappa shape index (κ3) is 8.36. The molecule has 0 saturated carbocycles. The summed E-state index contributed by atoms with van der Waals surface area (Å²) in [5, 5.41) is 10.6. The average Bonchev–Trinajstić information content (AvgIpc) is 2.19. The van der Waals surface area contributed by atoms with Gasteiger partial charge in [-0.2, -0.15) is 13.2 Å². The van der Waals surface area contributed by atoms with Crippen LogP contribution in [0.1, 0.15) is 25.7 Å². The second kappa shape index (κ2) is 6.82. The summed E-state index contributed by atoms with van der Waals surface area (Å²) < 4.78 is 35.4. The Hall–Kier alpha value is -1.80. The Morgan fingerprint density at radius 1 is 1.22 bits per heavy atom. The smallest absolute Gasteiger partial charge is 0.389 e. The molecule has 0 aromatic rings. The van der Waals surface area contributed by atoms with Crippen LogP contribution in [0.5, 0.6) is 0 Å². The van der Waals surface area contributed by atoms with Crippen LogP contribution in [-0.2, 0) is 14.4 Å². The van der Waals surface area contributed by atoms with Crippen molar-refractivity contribution in [3.63, 3.8) is 0 Å². The number of hydrogen-bond acceptors (Lipinski definition) is 3. The monoisotopic (exact) mass is 270 g/mol. The summed E-state index contributed by atoms with van der Waals surface area (Å²) >= 11 is 0. The first-order chi connectivity index (χ1) is 8.11. The molecule has 18 heavy (non-hydrogen) atoms. The molecule has 0 bridgehead atoms. The van der Waals surface area contributed by atoms with Crippen molar-refractivity contribution in [1.29, 1.82) is 0 Å². The van der Waals surface area contributed by atoms with Crippen LogP contribution in [0.4, 0.5) is 13.2 Å². The van der Waals surface area contributed by atoms with Crippen LogP contribution in [0, 0.1) is 0 Å². The molecular formula is C9H13F3N2O4. The molecule has 104 valence electrons. The Morgan fingerprint density at radius 2 is 1.78 bits per heavy atom. The molecule has 0 aliphatic rings. The number of halogens is 3. The topological polar surface area (TPSA) is 109 Å². The molecule has 0 heterocycles. The molecule has 0 aromatic carbocycles. The third-order valence-corrected chi connectivity index (χ3v) is 1.95. The van der Waals surface area contributed by atoms with Gasteiger partial charge in [-0.25, -0.2) is 4.79 Å². The van der Waals surface area contributed by atoms with Gasteiger partial charge >= 0.3 is 12.1 Å². The first kappa shape index (κ1) is 16.2. The van der Waals surface area contributed by atoms with Crippen molar-refractivity contribution < 1.29 is 32.7 Å². The molecule has 0 rings (SSSR count). The molecule has 1 atom stereocenters. The highest BCUT2D eigenvalue weighted by Crippen LogP contribution is 2.21. The number of alkyl halides is 3. The van der Waals surface area contributed by atoms with Gasteiger partial charge in [0.1, 0.15) is 6.04 Å². The zero-order valence-electron chi connectivity index (χ0n) is 9.29. The minimum absolute atomic E-state index is 0.261. The number of primary amides is 1.